The van der Waals surface area contributed by atoms with E-state index in [1.807, 2.05) is 0 Å². The van der Waals surface area contributed by atoms with Gasteiger partial charge in [-0.15, -0.1) is 0 Å². The molecule has 2 atom stereocenters. The zero-order chi connectivity index (χ0) is 13.3. The van der Waals surface area contributed by atoms with Crippen LogP contribution in [0.25, 0.3) is 0 Å². The topological polar surface area (TPSA) is 44.5 Å². The van der Waals surface area contributed by atoms with E-state index in [0.29, 0.717) is 5.56 Å². The number of ether oxygens (including phenoxy) is 2. The molecule has 0 saturated heterocycles. The minimum Gasteiger partial charge on any atom is -0.454 e. The highest BCUT2D eigenvalue weighted by Gasteiger charge is 2.23. The first kappa shape index (κ1) is 3.88. The summed E-state index contributed by atoms with van der Waals surface area (Å²) in [6.45, 7) is -2.25. The molecule has 1 aromatic rings. The quantitative estimate of drug-likeness (QED) is 0.646. The Hall–Kier alpha value is -1.22. The summed E-state index contributed by atoms with van der Waals surface area (Å²) in [7, 11) is 0. The minimum atomic E-state index is -2.25. The third kappa shape index (κ3) is 1.00. The lowest BCUT2D eigenvalue weighted by Gasteiger charge is -2.00. The van der Waals surface area contributed by atoms with Gasteiger partial charge in [-0.1, -0.05) is 0 Å². The molecule has 0 amide bonds. The molecule has 0 bridgehead atoms. The number of nitrogens with two attached hydrogens (primary N) is 1. The SMILES string of the molecule is [2H]C1c2cc3c(cc2C([2H])([2H])C1N)OC([2H])([2H])O3. The van der Waals surface area contributed by atoms with Crippen molar-refractivity contribution in [3.63, 3.8) is 0 Å². The van der Waals surface area contributed by atoms with Gasteiger partial charge in [0.15, 0.2) is 11.5 Å². The summed E-state index contributed by atoms with van der Waals surface area (Å²) >= 11 is 0. The average molecular weight is 182 g/mol. The van der Waals surface area contributed by atoms with Gasteiger partial charge in [0.1, 0.15) is 2.74 Å². The van der Waals surface area contributed by atoms with E-state index in [1.54, 1.807) is 0 Å². The van der Waals surface area contributed by atoms with Crippen molar-refractivity contribution in [3.05, 3.63) is 23.3 Å². The van der Waals surface area contributed by atoms with Gasteiger partial charge < -0.3 is 15.2 Å². The van der Waals surface area contributed by atoms with Crippen molar-refractivity contribution < 1.29 is 16.3 Å². The predicted octanol–water partition coefficient (Wildman–Crippen LogP) is 0.841. The van der Waals surface area contributed by atoms with Crippen LogP contribution in [0.15, 0.2) is 12.1 Å². The van der Waals surface area contributed by atoms with Gasteiger partial charge in [0.05, 0.1) is 0 Å². The van der Waals surface area contributed by atoms with Gasteiger partial charge in [-0.2, -0.15) is 0 Å². The fourth-order valence-corrected chi connectivity index (χ4v) is 1.52. The minimum absolute atomic E-state index is 0.143. The van der Waals surface area contributed by atoms with Crippen molar-refractivity contribution in [2.24, 2.45) is 5.73 Å². The summed E-state index contributed by atoms with van der Waals surface area (Å²) < 4.78 is 48.2. The van der Waals surface area contributed by atoms with Crippen LogP contribution in [0.1, 0.15) is 18.0 Å². The van der Waals surface area contributed by atoms with Crippen LogP contribution in [-0.4, -0.2) is 12.8 Å². The van der Waals surface area contributed by atoms with E-state index in [4.69, 9.17) is 22.1 Å². The van der Waals surface area contributed by atoms with Crippen LogP contribution < -0.4 is 15.2 Å². The van der Waals surface area contributed by atoms with E-state index in [2.05, 4.69) is 0 Å². The lowest BCUT2D eigenvalue weighted by molar-refractivity contribution is 0.174. The van der Waals surface area contributed by atoms with Gasteiger partial charge in [-0.25, -0.2) is 0 Å². The molecule has 2 aliphatic rings. The molecule has 13 heavy (non-hydrogen) atoms. The van der Waals surface area contributed by atoms with Crippen LogP contribution in [0.3, 0.4) is 0 Å². The van der Waals surface area contributed by atoms with Crippen molar-refractivity contribution in [2.75, 3.05) is 6.75 Å². The summed E-state index contributed by atoms with van der Waals surface area (Å²) in [5, 5.41) is 0. The zero-order valence-corrected chi connectivity index (χ0v) is 6.70. The van der Waals surface area contributed by atoms with E-state index in [9.17, 15) is 0 Å². The van der Waals surface area contributed by atoms with Gasteiger partial charge in [0.25, 0.3) is 0 Å². The average Bonchev–Trinajstić information content (AvgIpc) is 2.64. The first-order valence-electron chi connectivity index (χ1n) is 6.54. The molecule has 68 valence electrons. The van der Waals surface area contributed by atoms with Crippen molar-refractivity contribution >= 4 is 0 Å². The molecular weight excluding hydrogens is 166 g/mol. The maximum absolute atomic E-state index is 7.90. The molecular formula is C10H11NO2. The fourth-order valence-electron chi connectivity index (χ4n) is 1.52. The standard InChI is InChI=1S/C10H11NO2/c11-8-1-6-3-9-10(13-5-12-9)4-7(6)2-8/h3-4,8H,1-2,5,11H2/i1D,2D2,5D2. The summed E-state index contributed by atoms with van der Waals surface area (Å²) in [6.07, 6.45) is -2.72. The Morgan fingerprint density at radius 3 is 2.77 bits per heavy atom. The Morgan fingerprint density at radius 1 is 1.31 bits per heavy atom. The van der Waals surface area contributed by atoms with Crippen LogP contribution in [0, 0.1) is 0 Å². The Balaban J connectivity index is 2.15. The van der Waals surface area contributed by atoms with E-state index < -0.39 is 25.6 Å². The van der Waals surface area contributed by atoms with Gasteiger partial charge in [0.2, 0.25) is 6.75 Å². The second-order valence-electron chi connectivity index (χ2n) is 3.01. The Morgan fingerprint density at radius 2 is 2.00 bits per heavy atom. The molecule has 0 radical (unpaired) electrons. The van der Waals surface area contributed by atoms with Crippen molar-refractivity contribution in [3.8, 4) is 11.5 Å². The maximum Gasteiger partial charge on any atom is 0.231 e. The first-order chi connectivity index (χ1) is 8.22. The molecule has 2 unspecified atom stereocenters. The second-order valence-corrected chi connectivity index (χ2v) is 3.01. The van der Waals surface area contributed by atoms with Crippen molar-refractivity contribution in [1.82, 2.24) is 0 Å². The highest BCUT2D eigenvalue weighted by Crippen LogP contribution is 2.37. The molecule has 1 aliphatic carbocycles. The van der Waals surface area contributed by atoms with Gasteiger partial charge in [-0.3, -0.25) is 0 Å². The van der Waals surface area contributed by atoms with Crippen LogP contribution in [-0.2, 0) is 12.8 Å². The molecule has 3 nitrogen and oxygen atoms in total. The van der Waals surface area contributed by atoms with E-state index in [1.165, 1.54) is 12.1 Å². The zero-order valence-electron chi connectivity index (χ0n) is 11.7. The predicted molar refractivity (Wildman–Crippen MR) is 47.9 cm³/mol. The Labute approximate surface area is 83.5 Å². The van der Waals surface area contributed by atoms with Gasteiger partial charge in [-0.05, 0) is 36.0 Å². The van der Waals surface area contributed by atoms with Crippen LogP contribution >= 0.6 is 0 Å². The van der Waals surface area contributed by atoms with Crippen LogP contribution in [0.5, 0.6) is 11.5 Å². The van der Waals surface area contributed by atoms with E-state index in [0.717, 1.165) is 0 Å². The molecule has 1 aliphatic heterocycles. The Kier molecular flexibility index (Phi) is 0.713. The number of benzene rings is 1. The normalized spacial score (nSPS) is 42.4. The first-order valence-corrected chi connectivity index (χ1v) is 3.97. The summed E-state index contributed by atoms with van der Waals surface area (Å²) in [4.78, 5) is 0. The molecule has 3 rings (SSSR count). The van der Waals surface area contributed by atoms with Crippen LogP contribution in [0.2, 0.25) is 0 Å². The number of hydrogen-bond acceptors (Lipinski definition) is 3. The molecule has 3 heteroatoms. The Bertz CT molecular complexity index is 533. The van der Waals surface area contributed by atoms with Crippen molar-refractivity contribution in [1.29, 1.82) is 0 Å². The van der Waals surface area contributed by atoms with Crippen molar-refractivity contribution in [2.45, 2.75) is 18.8 Å². The maximum atomic E-state index is 7.90. The van der Waals surface area contributed by atoms with Gasteiger partial charge in [0, 0.05) is 10.2 Å². The molecule has 0 fully saturated rings. The molecule has 0 aromatic heterocycles. The van der Waals surface area contributed by atoms with Gasteiger partial charge >= 0.3 is 0 Å². The number of fused-ring (bicyclic) bond motifs is 2. The fraction of sp³-hybridized carbons (Fsp3) is 0.400. The lowest BCUT2D eigenvalue weighted by Crippen LogP contribution is -2.19. The highest BCUT2D eigenvalue weighted by molar-refractivity contribution is 5.50. The molecule has 1 heterocycles. The summed E-state index contributed by atoms with van der Waals surface area (Å²) in [5.74, 6) is 0.324. The largest absolute Gasteiger partial charge is 0.454 e. The third-order valence-electron chi connectivity index (χ3n) is 2.10. The summed E-state index contributed by atoms with van der Waals surface area (Å²) in [5.41, 5.74) is 6.40. The molecule has 0 spiro atoms. The highest BCUT2D eigenvalue weighted by atomic mass is 16.7. The second kappa shape index (κ2) is 2.39. The molecule has 2 N–H and O–H groups in total. The monoisotopic (exact) mass is 182 g/mol. The third-order valence-corrected chi connectivity index (χ3v) is 2.10. The molecule has 0 saturated carbocycles. The smallest absolute Gasteiger partial charge is 0.231 e. The number of hydrogen-bond donors (Lipinski definition) is 1. The lowest BCUT2D eigenvalue weighted by atomic mass is 10.1. The summed E-state index contributed by atoms with van der Waals surface area (Å²) in [6, 6.07) is 1.87. The van der Waals surface area contributed by atoms with E-state index >= 15 is 0 Å². The number of rotatable bonds is 0. The molecule has 1 aromatic carbocycles. The van der Waals surface area contributed by atoms with Crippen LogP contribution in [0.4, 0.5) is 0 Å². The van der Waals surface area contributed by atoms with E-state index in [-0.39, 0.29) is 17.1 Å².